The van der Waals surface area contributed by atoms with Gasteiger partial charge in [0.25, 0.3) is 11.7 Å². The van der Waals surface area contributed by atoms with Crippen LogP contribution in [0.25, 0.3) is 5.76 Å². The van der Waals surface area contributed by atoms with Crippen molar-refractivity contribution >= 4 is 17.4 Å². The van der Waals surface area contributed by atoms with Crippen LogP contribution in [0.15, 0.2) is 76.9 Å². The third-order valence-electron chi connectivity index (χ3n) is 5.53. The fourth-order valence-corrected chi connectivity index (χ4v) is 3.99. The number of amides is 1. The molecule has 176 valence electrons. The van der Waals surface area contributed by atoms with Gasteiger partial charge in [-0.3, -0.25) is 9.59 Å². The molecule has 0 bridgehead atoms. The number of Topliss-reactive ketones (excluding diaryl/α,β-unsaturated/α-hetero) is 1. The molecule has 1 atom stereocenters. The number of carbonyl (C=O) groups is 2. The van der Waals surface area contributed by atoms with Gasteiger partial charge in [0.05, 0.1) is 37.6 Å². The summed E-state index contributed by atoms with van der Waals surface area (Å²) in [7, 11) is 0. The molecule has 1 N–H and O–H groups in total. The Hall–Kier alpha value is -4.00. The zero-order valence-corrected chi connectivity index (χ0v) is 19.2. The number of ketones is 1. The van der Waals surface area contributed by atoms with E-state index in [4.69, 9.17) is 13.9 Å². The predicted molar refractivity (Wildman–Crippen MR) is 126 cm³/mol. The Morgan fingerprint density at radius 3 is 2.47 bits per heavy atom. The van der Waals surface area contributed by atoms with Gasteiger partial charge in [-0.05, 0) is 67.4 Å². The number of hydrogen-bond donors (Lipinski definition) is 1. The van der Waals surface area contributed by atoms with E-state index in [1.54, 1.807) is 42.5 Å². The summed E-state index contributed by atoms with van der Waals surface area (Å²) in [5.41, 5.74) is 1.10. The van der Waals surface area contributed by atoms with Gasteiger partial charge in [0.15, 0.2) is 0 Å². The molecular formula is C27H27NO6. The number of ether oxygens (including phenoxy) is 2. The second-order valence-corrected chi connectivity index (χ2v) is 7.88. The number of carbonyl (C=O) groups excluding carboxylic acids is 2. The molecule has 1 unspecified atom stereocenters. The van der Waals surface area contributed by atoms with Crippen LogP contribution in [0.4, 0.5) is 0 Å². The van der Waals surface area contributed by atoms with Crippen molar-refractivity contribution in [3.63, 3.8) is 0 Å². The second-order valence-electron chi connectivity index (χ2n) is 7.88. The van der Waals surface area contributed by atoms with Gasteiger partial charge < -0.3 is 23.9 Å². The van der Waals surface area contributed by atoms with Gasteiger partial charge in [-0.25, -0.2) is 0 Å². The second kappa shape index (κ2) is 10.3. The summed E-state index contributed by atoms with van der Waals surface area (Å²) < 4.78 is 16.7. The molecule has 34 heavy (non-hydrogen) atoms. The minimum atomic E-state index is -0.804. The number of aliphatic hydroxyl groups is 1. The van der Waals surface area contributed by atoms with E-state index in [0.717, 1.165) is 6.42 Å². The number of furan rings is 1. The standard InChI is InChI=1S/C27H27NO6/c1-3-14-33-21-8-5-7-19(16-21)24-23(25(29)18-10-12-20(13-11-18)32-4-2)26(30)27(31)28(24)17-22-9-6-15-34-22/h5-13,15-16,24,29H,3-4,14,17H2,1-2H3/b25-23+. The number of aliphatic hydroxyl groups excluding tert-OH is 1. The summed E-state index contributed by atoms with van der Waals surface area (Å²) in [6, 6.07) is 16.7. The third kappa shape index (κ3) is 4.69. The Kier molecular flexibility index (Phi) is 7.01. The molecule has 1 amide bonds. The first kappa shape index (κ1) is 23.2. The van der Waals surface area contributed by atoms with Crippen molar-refractivity contribution in [2.75, 3.05) is 13.2 Å². The molecule has 3 aromatic rings. The summed E-state index contributed by atoms with van der Waals surface area (Å²) >= 11 is 0. The van der Waals surface area contributed by atoms with Gasteiger partial charge in [-0.1, -0.05) is 19.1 Å². The molecule has 2 heterocycles. The highest BCUT2D eigenvalue weighted by atomic mass is 16.5. The number of hydrogen-bond acceptors (Lipinski definition) is 6. The van der Waals surface area contributed by atoms with Gasteiger partial charge in [0.1, 0.15) is 23.0 Å². The van der Waals surface area contributed by atoms with Gasteiger partial charge in [-0.15, -0.1) is 0 Å². The van der Waals surface area contributed by atoms with Crippen LogP contribution < -0.4 is 9.47 Å². The molecule has 2 aromatic carbocycles. The topological polar surface area (TPSA) is 89.2 Å². The smallest absolute Gasteiger partial charge is 0.296 e. The first-order valence-electron chi connectivity index (χ1n) is 11.3. The number of likely N-dealkylation sites (tertiary alicyclic amines) is 1. The van der Waals surface area contributed by atoms with Crippen molar-refractivity contribution in [2.45, 2.75) is 32.9 Å². The van der Waals surface area contributed by atoms with E-state index in [1.165, 1.54) is 11.2 Å². The van der Waals surface area contributed by atoms with Gasteiger partial charge in [0, 0.05) is 5.56 Å². The zero-order chi connectivity index (χ0) is 24.1. The Balaban J connectivity index is 1.80. The number of rotatable bonds is 9. The molecule has 0 saturated carbocycles. The van der Waals surface area contributed by atoms with E-state index in [-0.39, 0.29) is 17.9 Å². The Labute approximate surface area is 198 Å². The Morgan fingerprint density at radius 2 is 1.79 bits per heavy atom. The maximum Gasteiger partial charge on any atom is 0.296 e. The maximum atomic E-state index is 13.2. The van der Waals surface area contributed by atoms with Crippen LogP contribution in [-0.2, 0) is 16.1 Å². The van der Waals surface area contributed by atoms with Crippen LogP contribution in [0.1, 0.15) is 43.2 Å². The number of nitrogens with zero attached hydrogens (tertiary/aromatic N) is 1. The molecule has 7 nitrogen and oxygen atoms in total. The van der Waals surface area contributed by atoms with Gasteiger partial charge >= 0.3 is 0 Å². The van der Waals surface area contributed by atoms with E-state index in [2.05, 4.69) is 0 Å². The largest absolute Gasteiger partial charge is 0.507 e. The van der Waals surface area contributed by atoms with Crippen molar-refractivity contribution in [3.8, 4) is 11.5 Å². The summed E-state index contributed by atoms with van der Waals surface area (Å²) in [4.78, 5) is 27.7. The van der Waals surface area contributed by atoms with Crippen molar-refractivity contribution in [1.82, 2.24) is 4.90 Å². The molecule has 7 heteroatoms. The lowest BCUT2D eigenvalue weighted by Gasteiger charge is -2.25. The zero-order valence-electron chi connectivity index (χ0n) is 19.2. The molecule has 0 aliphatic carbocycles. The highest BCUT2D eigenvalue weighted by Crippen LogP contribution is 2.41. The molecule has 1 aliphatic rings. The third-order valence-corrected chi connectivity index (χ3v) is 5.53. The fraction of sp³-hybridized carbons (Fsp3) is 0.259. The van der Waals surface area contributed by atoms with Crippen LogP contribution in [-0.4, -0.2) is 34.9 Å². The summed E-state index contributed by atoms with van der Waals surface area (Å²) in [5, 5.41) is 11.2. The highest BCUT2D eigenvalue weighted by molar-refractivity contribution is 6.46. The van der Waals surface area contributed by atoms with Crippen molar-refractivity contribution in [3.05, 3.63) is 89.4 Å². The normalized spacial score (nSPS) is 17.2. The van der Waals surface area contributed by atoms with E-state index in [1.807, 2.05) is 32.0 Å². The minimum Gasteiger partial charge on any atom is -0.507 e. The van der Waals surface area contributed by atoms with Crippen molar-refractivity contribution in [2.24, 2.45) is 0 Å². The molecule has 1 fully saturated rings. The monoisotopic (exact) mass is 461 g/mol. The lowest BCUT2D eigenvalue weighted by Crippen LogP contribution is -2.29. The molecule has 0 radical (unpaired) electrons. The molecule has 4 rings (SSSR count). The van der Waals surface area contributed by atoms with Crippen molar-refractivity contribution < 1.29 is 28.6 Å². The molecule has 1 saturated heterocycles. The molecule has 1 aromatic heterocycles. The van der Waals surface area contributed by atoms with Crippen LogP contribution in [0.3, 0.4) is 0 Å². The molecule has 0 spiro atoms. The summed E-state index contributed by atoms with van der Waals surface area (Å²) in [6.45, 7) is 5.04. The SMILES string of the molecule is CCCOc1cccc(C2/C(=C(\O)c3ccc(OCC)cc3)C(=O)C(=O)N2Cc2ccco2)c1. The van der Waals surface area contributed by atoms with Gasteiger partial charge in [-0.2, -0.15) is 0 Å². The van der Waals surface area contributed by atoms with Crippen LogP contribution in [0.2, 0.25) is 0 Å². The van der Waals surface area contributed by atoms with E-state index >= 15 is 0 Å². The lowest BCUT2D eigenvalue weighted by molar-refractivity contribution is -0.140. The van der Waals surface area contributed by atoms with Crippen LogP contribution in [0, 0.1) is 0 Å². The van der Waals surface area contributed by atoms with Crippen LogP contribution in [0.5, 0.6) is 11.5 Å². The first-order valence-corrected chi connectivity index (χ1v) is 11.3. The Morgan fingerprint density at radius 1 is 1.00 bits per heavy atom. The first-order chi connectivity index (χ1) is 16.5. The molecular weight excluding hydrogens is 434 g/mol. The quantitative estimate of drug-likeness (QED) is 0.271. The average molecular weight is 462 g/mol. The Bertz CT molecular complexity index is 1180. The minimum absolute atomic E-state index is 0.0216. The summed E-state index contributed by atoms with van der Waals surface area (Å²) in [5.74, 6) is 0.120. The van der Waals surface area contributed by atoms with Gasteiger partial charge in [0.2, 0.25) is 0 Å². The van der Waals surface area contributed by atoms with Crippen molar-refractivity contribution in [1.29, 1.82) is 0 Å². The van der Waals surface area contributed by atoms with Crippen LogP contribution >= 0.6 is 0 Å². The van der Waals surface area contributed by atoms with E-state index in [9.17, 15) is 14.7 Å². The fourth-order valence-electron chi connectivity index (χ4n) is 3.99. The predicted octanol–water partition coefficient (Wildman–Crippen LogP) is 5.09. The average Bonchev–Trinajstić information content (AvgIpc) is 3.45. The summed E-state index contributed by atoms with van der Waals surface area (Å²) in [6.07, 6.45) is 2.36. The lowest BCUT2D eigenvalue weighted by atomic mass is 9.95. The van der Waals surface area contributed by atoms with E-state index < -0.39 is 17.7 Å². The highest BCUT2D eigenvalue weighted by Gasteiger charge is 2.46. The molecule has 1 aliphatic heterocycles. The van der Waals surface area contributed by atoms with E-state index in [0.29, 0.717) is 41.6 Å². The maximum absolute atomic E-state index is 13.2. The number of benzene rings is 2.